The maximum absolute atomic E-state index is 10.6. The van der Waals surface area contributed by atoms with Crippen LogP contribution >= 0.6 is 0 Å². The second-order valence-electron chi connectivity index (χ2n) is 4.00. The van der Waals surface area contributed by atoms with Crippen LogP contribution in [0.5, 0.6) is 0 Å². The third-order valence-electron chi connectivity index (χ3n) is 2.17. The fraction of sp³-hybridized carbons (Fsp3) is 0.600. The van der Waals surface area contributed by atoms with E-state index in [2.05, 4.69) is 0 Å². The van der Waals surface area contributed by atoms with Crippen LogP contribution in [-0.2, 0) is 19.2 Å². The maximum atomic E-state index is 10.6. The van der Waals surface area contributed by atoms with Gasteiger partial charge in [0.05, 0.1) is 26.2 Å². The fourth-order valence-corrected chi connectivity index (χ4v) is 1.48. The Kier molecular flexibility index (Phi) is 29.4. The van der Waals surface area contributed by atoms with E-state index >= 15 is 0 Å². The van der Waals surface area contributed by atoms with Crippen molar-refractivity contribution < 1.29 is 110 Å². The quantitative estimate of drug-likeness (QED) is 0.249. The van der Waals surface area contributed by atoms with Gasteiger partial charge in [-0.15, -0.1) is 0 Å². The first-order valence-electron chi connectivity index (χ1n) is 5.52. The normalized spacial score (nSPS) is 8.92. The first-order valence-corrected chi connectivity index (χ1v) is 5.52. The number of hydrogen-bond acceptors (Lipinski definition) is 6. The topological polar surface area (TPSA) is 187 Å². The molecule has 0 aliphatic rings. The monoisotopic (exact) mass is 384 g/mol. The van der Waals surface area contributed by atoms with Crippen LogP contribution in [-0.4, -0.2) is 122 Å². The number of hydrogen-bond donors (Lipinski definition) is 4. The zero-order valence-electron chi connectivity index (χ0n) is 17.8. The number of nitrogens with zero attached hydrogens (tertiary/aromatic N) is 2. The van der Waals surface area contributed by atoms with E-state index in [1.165, 1.54) is 0 Å². The summed E-state index contributed by atoms with van der Waals surface area (Å²) < 4.78 is 0. The van der Waals surface area contributed by atoms with E-state index in [-0.39, 0.29) is 106 Å². The minimum Gasteiger partial charge on any atom is -1.00 e. The van der Waals surface area contributed by atoms with Crippen molar-refractivity contribution >= 4 is 46.9 Å². The third-order valence-corrected chi connectivity index (χ3v) is 2.17. The van der Waals surface area contributed by atoms with Gasteiger partial charge in [-0.05, 0) is 0 Å². The minimum atomic E-state index is -1.23. The van der Waals surface area contributed by atoms with E-state index in [4.69, 9.17) is 20.4 Å². The first-order chi connectivity index (χ1) is 9.20. The van der Waals surface area contributed by atoms with Crippen LogP contribution in [0.1, 0.15) is 5.71 Å². The van der Waals surface area contributed by atoms with Gasteiger partial charge in [-0.25, -0.2) is 0 Å². The molecule has 0 aromatic carbocycles. The van der Waals surface area contributed by atoms with Gasteiger partial charge >= 0.3 is 106 Å². The molecule has 24 heavy (non-hydrogen) atoms. The van der Waals surface area contributed by atoms with Crippen LogP contribution in [0, 0.1) is 0 Å². The summed E-state index contributed by atoms with van der Waals surface area (Å²) in [5.74, 6) is -4.91. The molecule has 0 spiro atoms. The Bertz CT molecular complexity index is 349. The number of carboxylic acids is 4. The van der Waals surface area contributed by atoms with Crippen molar-refractivity contribution in [2.24, 2.45) is 0 Å². The van der Waals surface area contributed by atoms with Crippen molar-refractivity contribution in [3.63, 3.8) is 0 Å². The Hall–Kier alpha value is 0.526. The molecule has 0 atom stereocenters. The Labute approximate surface area is 204 Å². The molecule has 0 heterocycles. The summed E-state index contributed by atoms with van der Waals surface area (Å²) in [5, 5.41) is 34.5. The molecule has 0 radical (unpaired) electrons. The average molecular weight is 385 g/mol. The summed E-state index contributed by atoms with van der Waals surface area (Å²) in [6.45, 7) is -2.25. The maximum Gasteiger partial charge on any atom is 2.00 e. The molecule has 0 aliphatic carbocycles. The van der Waals surface area contributed by atoms with Gasteiger partial charge in [0.25, 0.3) is 0 Å². The molecule has 0 aromatic heterocycles. The molecule has 0 amide bonds. The van der Waals surface area contributed by atoms with Crippen molar-refractivity contribution in [3.05, 3.63) is 0 Å². The standard InChI is InChI=1S/C10H16N2O8.Mg.2Na.H2O.4H/c13-7(14)3-11(4-8(15)16)1-2-12(5-9(17)18)6-10(19)20;;;;;;;;/h1-6H2,(H,13,14)(H,15,16)(H,17,18)(H,19,20);;;;1H2;;;;/q;+2;2*+1;;4*-1. The summed E-state index contributed by atoms with van der Waals surface area (Å²) in [7, 11) is 0. The van der Waals surface area contributed by atoms with Crippen molar-refractivity contribution in [1.82, 2.24) is 9.80 Å². The van der Waals surface area contributed by atoms with Crippen molar-refractivity contribution in [2.75, 3.05) is 39.3 Å². The van der Waals surface area contributed by atoms with Crippen molar-refractivity contribution in [1.29, 1.82) is 0 Å². The van der Waals surface area contributed by atoms with Gasteiger partial charge in [0.2, 0.25) is 0 Å². The molecule has 0 rings (SSSR count). The zero-order chi connectivity index (χ0) is 15.7. The Morgan fingerprint density at radius 3 is 0.917 bits per heavy atom. The van der Waals surface area contributed by atoms with Gasteiger partial charge in [0.15, 0.2) is 0 Å². The SMILES string of the molecule is O.O=C(O)CN(CCN(CC(=O)O)CC(=O)O)CC(=O)O.[H-].[H-].[H-].[H-].[Mg+2].[Na+].[Na+]. The summed E-state index contributed by atoms with van der Waals surface area (Å²) >= 11 is 0. The molecule has 0 aliphatic heterocycles. The van der Waals surface area contributed by atoms with Crippen LogP contribution in [0.15, 0.2) is 0 Å². The smallest absolute Gasteiger partial charge is 1.00 e. The molecular weight excluding hydrogens is 362 g/mol. The van der Waals surface area contributed by atoms with E-state index in [0.29, 0.717) is 0 Å². The van der Waals surface area contributed by atoms with Crippen molar-refractivity contribution in [2.45, 2.75) is 0 Å². The van der Waals surface area contributed by atoms with E-state index in [0.717, 1.165) is 9.80 Å². The molecule has 6 N–H and O–H groups in total. The summed E-state index contributed by atoms with van der Waals surface area (Å²) in [6.07, 6.45) is 0. The average Bonchev–Trinajstić information content (AvgIpc) is 2.22. The molecule has 130 valence electrons. The Balaban J connectivity index is -0.0000000645. The fourth-order valence-electron chi connectivity index (χ4n) is 1.48. The summed E-state index contributed by atoms with van der Waals surface area (Å²) in [6, 6.07) is 0. The predicted molar refractivity (Wildman–Crippen MR) is 77.2 cm³/mol. The van der Waals surface area contributed by atoms with Gasteiger partial charge in [0, 0.05) is 13.1 Å². The van der Waals surface area contributed by atoms with Gasteiger partial charge in [-0.1, -0.05) is 0 Å². The van der Waals surface area contributed by atoms with Crippen LogP contribution in [0.4, 0.5) is 0 Å². The van der Waals surface area contributed by atoms with Crippen LogP contribution in [0.25, 0.3) is 0 Å². The largest absolute Gasteiger partial charge is 2.00 e. The van der Waals surface area contributed by atoms with Crippen LogP contribution in [0.2, 0.25) is 0 Å². The van der Waals surface area contributed by atoms with Gasteiger partial charge in [-0.2, -0.15) is 0 Å². The Morgan fingerprint density at radius 1 is 0.625 bits per heavy atom. The number of carboxylic acid groups (broad SMARTS) is 4. The van der Waals surface area contributed by atoms with Crippen LogP contribution < -0.4 is 59.1 Å². The second-order valence-corrected chi connectivity index (χ2v) is 4.00. The number of carbonyl (C=O) groups is 4. The van der Waals surface area contributed by atoms with Gasteiger partial charge in [0.1, 0.15) is 0 Å². The molecule has 11 nitrogen and oxygen atoms in total. The summed E-state index contributed by atoms with van der Waals surface area (Å²) in [5.41, 5.74) is 0. The van der Waals surface area contributed by atoms with E-state index in [9.17, 15) is 19.2 Å². The molecule has 0 fully saturated rings. The second kappa shape index (κ2) is 19.8. The number of rotatable bonds is 11. The Morgan fingerprint density at radius 2 is 0.792 bits per heavy atom. The molecule has 0 aromatic rings. The molecule has 0 bridgehead atoms. The zero-order valence-corrected chi connectivity index (χ0v) is 19.2. The van der Waals surface area contributed by atoms with E-state index < -0.39 is 50.1 Å². The number of aliphatic carboxylic acids is 4. The molecule has 14 heteroatoms. The minimum absolute atomic E-state index is 0. The first kappa shape index (κ1) is 35.6. The van der Waals surface area contributed by atoms with E-state index in [1.54, 1.807) is 0 Å². The van der Waals surface area contributed by atoms with Crippen LogP contribution in [0.3, 0.4) is 0 Å². The van der Waals surface area contributed by atoms with Gasteiger partial charge in [-0.3, -0.25) is 29.0 Å². The molecule has 0 unspecified atom stereocenters. The van der Waals surface area contributed by atoms with E-state index in [1.807, 2.05) is 0 Å². The van der Waals surface area contributed by atoms with Gasteiger partial charge < -0.3 is 31.6 Å². The van der Waals surface area contributed by atoms with Crippen molar-refractivity contribution in [3.8, 4) is 0 Å². The molecular formula is C10H22MgN2Na2O9. The third kappa shape index (κ3) is 22.5. The molecule has 0 saturated carbocycles. The summed E-state index contributed by atoms with van der Waals surface area (Å²) in [4.78, 5) is 44.4. The molecule has 0 saturated heterocycles. The predicted octanol–water partition coefficient (Wildman–Crippen LogP) is -8.82.